The van der Waals surface area contributed by atoms with E-state index in [-0.39, 0.29) is 6.71 Å². The van der Waals surface area contributed by atoms with Crippen molar-refractivity contribution in [3.05, 3.63) is 405 Å². The summed E-state index contributed by atoms with van der Waals surface area (Å²) < 4.78 is 2.34. The van der Waals surface area contributed by atoms with Crippen LogP contribution in [-0.2, 0) is 0 Å². The summed E-state index contributed by atoms with van der Waals surface area (Å²) in [6.07, 6.45) is 0. The zero-order valence-corrected chi connectivity index (χ0v) is 62.4. The van der Waals surface area contributed by atoms with Gasteiger partial charge in [-0.1, -0.05) is 285 Å². The third-order valence-corrected chi connectivity index (χ3v) is 22.2. The standard InChI is InChI=1S/C104H64BN11/c1-107-83-49-51-90-95(65-83)115(85-59-80(70-32-14-4-15-33-70)56-81(60-85)71-34-16-5-17-35-71)97-64-82(63-96-98(97)105(90)89-50-46-67(66-106)54-94(89)114(96)84-57-78(68-28-10-2-11-29-68)55-79(58-84)69-30-12-3-13-31-69)76-47-52-92-87(61-76)86-44-26-27-45-91(86)116(92)93-53-48-77(103-110-99(72-36-18-6-19-37-72)108-100(111-103)73-38-20-7-21-39-73)62-88(93)104-112-101(74-40-22-8-23-41-74)109-102(113-104)75-42-24-9-25-43-75/h2-65H. The van der Waals surface area contributed by atoms with Gasteiger partial charge in [-0.05, 0) is 175 Å². The van der Waals surface area contributed by atoms with Gasteiger partial charge in [0.25, 0.3) is 6.71 Å². The first kappa shape index (κ1) is 68.0. The van der Waals surface area contributed by atoms with Crippen molar-refractivity contribution < 1.29 is 0 Å². The topological polar surface area (TPSA) is 117 Å². The van der Waals surface area contributed by atoms with Crippen LogP contribution in [0.2, 0.25) is 0 Å². The van der Waals surface area contributed by atoms with Gasteiger partial charge in [0.1, 0.15) is 0 Å². The lowest BCUT2D eigenvalue weighted by Crippen LogP contribution is -2.61. The van der Waals surface area contributed by atoms with Gasteiger partial charge in [-0.3, -0.25) is 0 Å². The molecule has 0 fully saturated rings. The maximum atomic E-state index is 11.1. The van der Waals surface area contributed by atoms with E-state index >= 15 is 0 Å². The molecule has 16 aromatic carbocycles. The van der Waals surface area contributed by atoms with Crippen LogP contribution < -0.4 is 26.2 Å². The van der Waals surface area contributed by atoms with E-state index in [4.69, 9.17) is 36.5 Å². The number of rotatable bonds is 14. The molecule has 0 spiro atoms. The molecular formula is C104H64BN11. The van der Waals surface area contributed by atoms with Gasteiger partial charge in [0.2, 0.25) is 0 Å². The van der Waals surface area contributed by atoms with Gasteiger partial charge in [-0.15, -0.1) is 0 Å². The Morgan fingerprint density at radius 3 is 1.08 bits per heavy atom. The number of fused-ring (bicyclic) bond motifs is 7. The van der Waals surface area contributed by atoms with Crippen molar-refractivity contribution in [1.82, 2.24) is 34.5 Å². The molecule has 0 radical (unpaired) electrons. The van der Waals surface area contributed by atoms with E-state index in [9.17, 15) is 5.26 Å². The van der Waals surface area contributed by atoms with Crippen LogP contribution in [0.5, 0.6) is 0 Å². The molecule has 19 aromatic rings. The minimum Gasteiger partial charge on any atom is -0.313 e. The number of benzene rings is 16. The van der Waals surface area contributed by atoms with Crippen LogP contribution in [-0.4, -0.2) is 41.2 Å². The number of para-hydroxylation sites is 1. The van der Waals surface area contributed by atoms with Crippen LogP contribution in [0.25, 0.3) is 156 Å². The maximum Gasteiger partial charge on any atom is 0.251 e. The highest BCUT2D eigenvalue weighted by Gasteiger charge is 2.44. The average Bonchev–Trinajstić information content (AvgIpc) is 0.773. The Kier molecular flexibility index (Phi) is 16.8. The SMILES string of the molecule is [C-]#[N+]c1ccc2c(c1)N(c1cc(-c3ccccc3)cc(-c3ccccc3)c1)c1cc(-c3ccc4c(c3)c3ccccc3n4-c3ccc(-c4nc(-c5ccccc5)nc(-c5ccccc5)n4)cc3-c3nc(-c4ccccc4)nc(-c4ccccc4)n3)cc3c1B2c1ccc(C#N)cc1N3c1cc(-c2ccccc2)cc(-c2ccccc2)c1. The van der Waals surface area contributed by atoms with Crippen molar-refractivity contribution in [3.8, 4) is 136 Å². The largest absolute Gasteiger partial charge is 0.313 e. The Bertz CT molecular complexity index is 6710. The van der Waals surface area contributed by atoms with Gasteiger partial charge in [-0.25, -0.2) is 34.7 Å². The number of aromatic nitrogens is 7. The highest BCUT2D eigenvalue weighted by Crippen LogP contribution is 2.51. The van der Waals surface area contributed by atoms with Crippen molar-refractivity contribution in [1.29, 1.82) is 5.26 Å². The summed E-state index contributed by atoms with van der Waals surface area (Å²) in [6.45, 7) is 8.33. The van der Waals surface area contributed by atoms with Crippen LogP contribution in [0.15, 0.2) is 388 Å². The first-order valence-electron chi connectivity index (χ1n) is 38.7. The summed E-state index contributed by atoms with van der Waals surface area (Å²) in [6, 6.07) is 138. The number of nitriles is 1. The molecule has 0 N–H and O–H groups in total. The maximum absolute atomic E-state index is 11.1. The van der Waals surface area contributed by atoms with E-state index in [2.05, 4.69) is 280 Å². The number of hydrogen-bond donors (Lipinski definition) is 0. The molecule has 2 aliphatic heterocycles. The van der Waals surface area contributed by atoms with Crippen LogP contribution in [0.4, 0.5) is 39.8 Å². The van der Waals surface area contributed by atoms with Crippen molar-refractivity contribution >= 4 is 84.7 Å². The summed E-state index contributed by atoms with van der Waals surface area (Å²) in [4.78, 5) is 40.8. The number of anilines is 6. The van der Waals surface area contributed by atoms with E-state index in [1.807, 2.05) is 133 Å². The molecule has 0 saturated carbocycles. The predicted octanol–water partition coefficient (Wildman–Crippen LogP) is 24.0. The van der Waals surface area contributed by atoms with E-state index in [0.29, 0.717) is 46.2 Å². The van der Waals surface area contributed by atoms with Crippen LogP contribution in [0, 0.1) is 17.9 Å². The molecule has 0 aliphatic carbocycles. The molecule has 116 heavy (non-hydrogen) atoms. The molecule has 0 atom stereocenters. The molecule has 0 bridgehead atoms. The molecule has 2 aliphatic rings. The molecule has 0 unspecified atom stereocenters. The molecule has 538 valence electrons. The first-order chi connectivity index (χ1) is 57.4. The summed E-state index contributed by atoms with van der Waals surface area (Å²) >= 11 is 0. The third kappa shape index (κ3) is 12.2. The Morgan fingerprint density at radius 1 is 0.267 bits per heavy atom. The van der Waals surface area contributed by atoms with Crippen molar-refractivity contribution in [2.45, 2.75) is 0 Å². The van der Waals surface area contributed by atoms with E-state index in [1.54, 1.807) is 0 Å². The highest BCUT2D eigenvalue weighted by molar-refractivity contribution is 7.00. The summed E-state index contributed by atoms with van der Waals surface area (Å²) in [7, 11) is 0. The lowest BCUT2D eigenvalue weighted by Gasteiger charge is -2.45. The number of hydrogen-bond acceptors (Lipinski definition) is 9. The second-order valence-corrected chi connectivity index (χ2v) is 29.2. The van der Waals surface area contributed by atoms with Gasteiger partial charge < -0.3 is 14.4 Å². The fraction of sp³-hybridized carbons (Fsp3) is 0. The zero-order chi connectivity index (χ0) is 77.2. The van der Waals surface area contributed by atoms with Crippen LogP contribution >= 0.6 is 0 Å². The molecular weight excluding hydrogens is 1410 g/mol. The fourth-order valence-electron chi connectivity index (χ4n) is 16.8. The third-order valence-electron chi connectivity index (χ3n) is 22.2. The smallest absolute Gasteiger partial charge is 0.251 e. The Morgan fingerprint density at radius 2 is 0.638 bits per heavy atom. The molecule has 11 nitrogen and oxygen atoms in total. The molecule has 0 amide bonds. The Hall–Kier alpha value is -16.0. The van der Waals surface area contributed by atoms with Crippen molar-refractivity contribution in [3.63, 3.8) is 0 Å². The average molecular weight is 1480 g/mol. The fourth-order valence-corrected chi connectivity index (χ4v) is 16.8. The molecule has 21 rings (SSSR count). The second kappa shape index (κ2) is 28.7. The van der Waals surface area contributed by atoms with Gasteiger partial charge in [0.15, 0.2) is 40.6 Å². The van der Waals surface area contributed by atoms with Gasteiger partial charge in [0, 0.05) is 78.3 Å². The lowest BCUT2D eigenvalue weighted by molar-refractivity contribution is 1.06. The monoisotopic (exact) mass is 1480 g/mol. The predicted molar refractivity (Wildman–Crippen MR) is 472 cm³/mol. The van der Waals surface area contributed by atoms with Crippen LogP contribution in [0.1, 0.15) is 5.56 Å². The number of nitrogens with zero attached hydrogens (tertiary/aromatic N) is 11. The summed E-state index contributed by atoms with van der Waals surface area (Å²) in [5.74, 6) is 3.07. The van der Waals surface area contributed by atoms with E-state index in [1.165, 1.54) is 0 Å². The molecule has 12 heteroatoms. The zero-order valence-electron chi connectivity index (χ0n) is 62.4. The highest BCUT2D eigenvalue weighted by atomic mass is 15.2. The Balaban J connectivity index is 0.832. The van der Waals surface area contributed by atoms with Crippen molar-refractivity contribution in [2.75, 3.05) is 9.80 Å². The van der Waals surface area contributed by atoms with Gasteiger partial charge >= 0.3 is 0 Å². The molecule has 5 heterocycles. The van der Waals surface area contributed by atoms with Gasteiger partial charge in [0.05, 0.1) is 34.9 Å². The molecule has 0 saturated heterocycles. The minimum atomic E-state index is -0.351. The van der Waals surface area contributed by atoms with E-state index < -0.39 is 0 Å². The summed E-state index contributed by atoms with van der Waals surface area (Å²) in [5.41, 5.74) is 27.7. The van der Waals surface area contributed by atoms with Crippen LogP contribution in [0.3, 0.4) is 0 Å². The minimum absolute atomic E-state index is 0.351. The lowest BCUT2D eigenvalue weighted by atomic mass is 9.33. The normalized spacial score (nSPS) is 11.9. The van der Waals surface area contributed by atoms with E-state index in [0.717, 1.165) is 167 Å². The quantitative estimate of drug-likeness (QED) is 0.0775. The first-order valence-corrected chi connectivity index (χ1v) is 38.7. The van der Waals surface area contributed by atoms with Crippen molar-refractivity contribution in [2.24, 2.45) is 0 Å². The Labute approximate surface area is 671 Å². The molecule has 3 aromatic heterocycles. The summed E-state index contributed by atoms with van der Waals surface area (Å²) in [5, 5.41) is 13.1. The second-order valence-electron chi connectivity index (χ2n) is 29.2. The van der Waals surface area contributed by atoms with Gasteiger partial charge in [-0.2, -0.15) is 5.26 Å².